The van der Waals surface area contributed by atoms with Crippen molar-refractivity contribution in [3.8, 4) is 0 Å². The lowest BCUT2D eigenvalue weighted by molar-refractivity contribution is -0.144. The number of thiophene rings is 1. The molecule has 0 aliphatic heterocycles. The number of carbonyl (C=O) groups is 2. The van der Waals surface area contributed by atoms with Crippen LogP contribution in [-0.4, -0.2) is 29.1 Å². The van der Waals surface area contributed by atoms with Gasteiger partial charge in [-0.15, -0.1) is 11.3 Å². The van der Waals surface area contributed by atoms with Crippen molar-refractivity contribution in [1.29, 1.82) is 0 Å². The number of rotatable bonds is 7. The van der Waals surface area contributed by atoms with E-state index in [0.717, 1.165) is 4.88 Å². The Morgan fingerprint density at radius 2 is 2.21 bits per heavy atom. The van der Waals surface area contributed by atoms with E-state index in [1.54, 1.807) is 25.2 Å². The molecule has 2 atom stereocenters. The molecule has 1 heterocycles. The van der Waals surface area contributed by atoms with E-state index < -0.39 is 11.5 Å². The molecule has 1 rings (SSSR count). The molecular weight excluding hydrogens is 264 g/mol. The second-order valence-corrected chi connectivity index (χ2v) is 5.63. The molecule has 0 aliphatic carbocycles. The molecule has 0 saturated carbocycles. The average molecular weight is 284 g/mol. The molecule has 2 unspecified atom stereocenters. The summed E-state index contributed by atoms with van der Waals surface area (Å²) in [5.41, 5.74) is -1.07. The standard InChI is InChI=1S/C13H20N2O3S/c1-4-13(3,12(17)18)14-8-11(16)15-9(2)10-6-5-7-19-10/h5-7,9,14H,4,8H2,1-3H3,(H,15,16)(H,17,18). The van der Waals surface area contributed by atoms with Crippen LogP contribution in [0, 0.1) is 0 Å². The molecule has 0 aliphatic rings. The first-order valence-corrected chi connectivity index (χ1v) is 7.08. The average Bonchev–Trinajstić information content (AvgIpc) is 2.89. The van der Waals surface area contributed by atoms with Crippen LogP contribution in [0.3, 0.4) is 0 Å². The van der Waals surface area contributed by atoms with Crippen LogP contribution >= 0.6 is 11.3 Å². The van der Waals surface area contributed by atoms with E-state index in [1.165, 1.54) is 0 Å². The zero-order chi connectivity index (χ0) is 14.5. The van der Waals surface area contributed by atoms with Gasteiger partial charge in [-0.2, -0.15) is 0 Å². The Bertz CT molecular complexity index is 433. The van der Waals surface area contributed by atoms with Crippen molar-refractivity contribution in [3.63, 3.8) is 0 Å². The van der Waals surface area contributed by atoms with E-state index in [0.29, 0.717) is 6.42 Å². The fraction of sp³-hybridized carbons (Fsp3) is 0.538. The van der Waals surface area contributed by atoms with Gasteiger partial charge in [0.15, 0.2) is 0 Å². The number of carboxylic acids is 1. The molecule has 19 heavy (non-hydrogen) atoms. The van der Waals surface area contributed by atoms with Gasteiger partial charge in [-0.05, 0) is 31.7 Å². The van der Waals surface area contributed by atoms with Gasteiger partial charge in [0.2, 0.25) is 5.91 Å². The van der Waals surface area contributed by atoms with Gasteiger partial charge >= 0.3 is 5.97 Å². The zero-order valence-corrected chi connectivity index (χ0v) is 12.2. The SMILES string of the molecule is CCC(C)(NCC(=O)NC(C)c1cccs1)C(=O)O. The maximum atomic E-state index is 11.8. The number of carbonyl (C=O) groups excluding carboxylic acids is 1. The highest BCUT2D eigenvalue weighted by Gasteiger charge is 2.30. The minimum atomic E-state index is -1.07. The summed E-state index contributed by atoms with van der Waals surface area (Å²) >= 11 is 1.58. The normalized spacial score (nSPS) is 15.5. The fourth-order valence-corrected chi connectivity index (χ4v) is 2.26. The molecule has 3 N–H and O–H groups in total. The summed E-state index contributed by atoms with van der Waals surface area (Å²) < 4.78 is 0. The van der Waals surface area contributed by atoms with E-state index in [-0.39, 0.29) is 18.5 Å². The zero-order valence-electron chi connectivity index (χ0n) is 11.4. The third-order valence-corrected chi connectivity index (χ3v) is 4.22. The van der Waals surface area contributed by atoms with Gasteiger partial charge in [0, 0.05) is 4.88 Å². The van der Waals surface area contributed by atoms with Crippen molar-refractivity contribution >= 4 is 23.2 Å². The highest BCUT2D eigenvalue weighted by atomic mass is 32.1. The van der Waals surface area contributed by atoms with Crippen LogP contribution in [0.15, 0.2) is 17.5 Å². The lowest BCUT2D eigenvalue weighted by Gasteiger charge is -2.24. The first kappa shape index (κ1) is 15.7. The smallest absolute Gasteiger partial charge is 0.323 e. The summed E-state index contributed by atoms with van der Waals surface area (Å²) in [6.07, 6.45) is 0.413. The summed E-state index contributed by atoms with van der Waals surface area (Å²) in [4.78, 5) is 23.9. The van der Waals surface area contributed by atoms with Crippen LogP contribution in [0.1, 0.15) is 38.1 Å². The van der Waals surface area contributed by atoms with Gasteiger partial charge < -0.3 is 10.4 Å². The van der Waals surface area contributed by atoms with Crippen LogP contribution in [0.5, 0.6) is 0 Å². The Morgan fingerprint density at radius 3 is 2.68 bits per heavy atom. The molecular formula is C13H20N2O3S. The van der Waals surface area contributed by atoms with Gasteiger partial charge in [0.25, 0.3) is 0 Å². The van der Waals surface area contributed by atoms with Crippen molar-refractivity contribution in [2.75, 3.05) is 6.54 Å². The molecule has 0 radical (unpaired) electrons. The Hall–Kier alpha value is -1.40. The quantitative estimate of drug-likeness (QED) is 0.713. The van der Waals surface area contributed by atoms with Crippen LogP contribution in [-0.2, 0) is 9.59 Å². The Kier molecular flexibility index (Phi) is 5.50. The summed E-state index contributed by atoms with van der Waals surface area (Å²) in [5.74, 6) is -1.16. The Balaban J connectivity index is 2.46. The molecule has 0 spiro atoms. The van der Waals surface area contributed by atoms with Gasteiger partial charge in [0.05, 0.1) is 12.6 Å². The van der Waals surface area contributed by atoms with Crippen molar-refractivity contribution in [2.24, 2.45) is 0 Å². The summed E-state index contributed by atoms with van der Waals surface area (Å²) in [6, 6.07) is 3.82. The molecule has 5 nitrogen and oxygen atoms in total. The molecule has 1 aromatic rings. The minimum Gasteiger partial charge on any atom is -0.480 e. The molecule has 0 fully saturated rings. The Labute approximate surface area is 117 Å². The molecule has 106 valence electrons. The highest BCUT2D eigenvalue weighted by molar-refractivity contribution is 7.10. The van der Waals surface area contributed by atoms with Gasteiger partial charge in [-0.1, -0.05) is 13.0 Å². The maximum absolute atomic E-state index is 11.8. The van der Waals surface area contributed by atoms with E-state index in [1.807, 2.05) is 24.4 Å². The molecule has 6 heteroatoms. The summed E-state index contributed by atoms with van der Waals surface area (Å²) in [7, 11) is 0. The van der Waals surface area contributed by atoms with E-state index in [4.69, 9.17) is 5.11 Å². The molecule has 0 saturated heterocycles. The summed E-state index contributed by atoms with van der Waals surface area (Å²) in [5, 5.41) is 16.7. The maximum Gasteiger partial charge on any atom is 0.323 e. The number of hydrogen-bond acceptors (Lipinski definition) is 4. The number of carboxylic acid groups (broad SMARTS) is 1. The van der Waals surface area contributed by atoms with Crippen LogP contribution in [0.2, 0.25) is 0 Å². The predicted molar refractivity (Wildman–Crippen MR) is 75.2 cm³/mol. The number of hydrogen-bond donors (Lipinski definition) is 3. The lowest BCUT2D eigenvalue weighted by atomic mass is 9.99. The lowest BCUT2D eigenvalue weighted by Crippen LogP contribution is -2.52. The number of amides is 1. The fourth-order valence-electron chi connectivity index (χ4n) is 1.53. The van der Waals surface area contributed by atoms with Gasteiger partial charge in [-0.25, -0.2) is 0 Å². The van der Waals surface area contributed by atoms with E-state index >= 15 is 0 Å². The second-order valence-electron chi connectivity index (χ2n) is 4.65. The Morgan fingerprint density at radius 1 is 1.53 bits per heavy atom. The van der Waals surface area contributed by atoms with Crippen molar-refractivity contribution in [1.82, 2.24) is 10.6 Å². The van der Waals surface area contributed by atoms with Gasteiger partial charge in [0.1, 0.15) is 5.54 Å². The topological polar surface area (TPSA) is 78.4 Å². The third-order valence-electron chi connectivity index (χ3n) is 3.17. The first-order chi connectivity index (χ1) is 8.89. The molecule has 1 amide bonds. The third kappa shape index (κ3) is 4.33. The van der Waals surface area contributed by atoms with Crippen LogP contribution in [0.4, 0.5) is 0 Å². The van der Waals surface area contributed by atoms with Crippen molar-refractivity contribution in [2.45, 2.75) is 38.8 Å². The second kappa shape index (κ2) is 6.68. The molecule has 0 aromatic carbocycles. The van der Waals surface area contributed by atoms with Crippen LogP contribution < -0.4 is 10.6 Å². The first-order valence-electron chi connectivity index (χ1n) is 6.20. The molecule has 0 bridgehead atoms. The molecule has 1 aromatic heterocycles. The predicted octanol–water partition coefficient (Wildman–Crippen LogP) is 1.77. The highest BCUT2D eigenvalue weighted by Crippen LogP contribution is 2.17. The summed E-state index contributed by atoms with van der Waals surface area (Å²) in [6.45, 7) is 5.24. The minimum absolute atomic E-state index is 0.00758. The van der Waals surface area contributed by atoms with E-state index in [2.05, 4.69) is 10.6 Å². The van der Waals surface area contributed by atoms with Crippen LogP contribution in [0.25, 0.3) is 0 Å². The monoisotopic (exact) mass is 284 g/mol. The number of aliphatic carboxylic acids is 1. The van der Waals surface area contributed by atoms with E-state index in [9.17, 15) is 9.59 Å². The number of nitrogens with one attached hydrogen (secondary N) is 2. The van der Waals surface area contributed by atoms with Crippen molar-refractivity contribution < 1.29 is 14.7 Å². The largest absolute Gasteiger partial charge is 0.480 e. The van der Waals surface area contributed by atoms with Crippen molar-refractivity contribution in [3.05, 3.63) is 22.4 Å². The van der Waals surface area contributed by atoms with Gasteiger partial charge in [-0.3, -0.25) is 14.9 Å².